The maximum atomic E-state index is 12.1. The van der Waals surface area contributed by atoms with Gasteiger partial charge in [-0.3, -0.25) is 15.2 Å². The third kappa shape index (κ3) is 2.96. The molecule has 0 atom stereocenters. The van der Waals surface area contributed by atoms with Crippen molar-refractivity contribution in [3.63, 3.8) is 0 Å². The highest BCUT2D eigenvalue weighted by Crippen LogP contribution is 2.12. The number of likely N-dealkylation sites (N-methyl/N-ethyl adjacent to an activating group) is 1. The molecule has 2 N–H and O–H groups in total. The summed E-state index contributed by atoms with van der Waals surface area (Å²) >= 11 is 0. The first-order valence-corrected chi connectivity index (χ1v) is 6.07. The van der Waals surface area contributed by atoms with Crippen molar-refractivity contribution in [1.82, 2.24) is 20.3 Å². The van der Waals surface area contributed by atoms with E-state index < -0.39 is 0 Å². The van der Waals surface area contributed by atoms with Crippen LogP contribution in [0.15, 0.2) is 18.5 Å². The summed E-state index contributed by atoms with van der Waals surface area (Å²) in [5.74, 6) is -0.0914. The number of piperazine rings is 1. The highest BCUT2D eigenvalue weighted by molar-refractivity contribution is 5.99. The largest absolute Gasteiger partial charge is 0.386 e. The Morgan fingerprint density at radius 1 is 1.33 bits per heavy atom. The number of nitrogens with zero attached hydrogens (tertiary/aromatic N) is 3. The van der Waals surface area contributed by atoms with Crippen LogP contribution in [0.3, 0.4) is 0 Å². The van der Waals surface area contributed by atoms with Crippen molar-refractivity contribution in [3.05, 3.63) is 24.0 Å². The monoisotopic (exact) mass is 249 g/mol. The molecular weight excluding hydrogens is 230 g/mol. The lowest BCUT2D eigenvalue weighted by Crippen LogP contribution is -2.52. The molecule has 0 saturated carbocycles. The lowest BCUT2D eigenvalue weighted by atomic mass is 10.2. The van der Waals surface area contributed by atoms with Crippen molar-refractivity contribution in [2.45, 2.75) is 0 Å². The summed E-state index contributed by atoms with van der Waals surface area (Å²) in [6, 6.07) is 1.72. The summed E-state index contributed by atoms with van der Waals surface area (Å²) in [7, 11) is 3.87. The molecule has 2 rings (SSSR count). The standard InChI is InChI=1S/C12H19N5O/c1-13-11-9-14-4-3-10(11)12(18)15-17-7-5-16(2)6-8-17/h3-4,9,13H,5-8H2,1-2H3,(H,15,18). The van der Waals surface area contributed by atoms with Crippen LogP contribution in [-0.2, 0) is 0 Å². The summed E-state index contributed by atoms with van der Waals surface area (Å²) in [5, 5.41) is 4.93. The number of rotatable bonds is 3. The third-order valence-corrected chi connectivity index (χ3v) is 3.10. The van der Waals surface area contributed by atoms with Crippen molar-refractivity contribution in [3.8, 4) is 0 Å². The Morgan fingerprint density at radius 2 is 2.06 bits per heavy atom. The lowest BCUT2D eigenvalue weighted by molar-refractivity contribution is 0.0663. The van der Waals surface area contributed by atoms with Crippen LogP contribution in [0, 0.1) is 0 Å². The van der Waals surface area contributed by atoms with Crippen LogP contribution in [0.25, 0.3) is 0 Å². The number of nitrogens with one attached hydrogen (secondary N) is 2. The van der Waals surface area contributed by atoms with Crippen LogP contribution in [0.5, 0.6) is 0 Å². The average Bonchev–Trinajstić information content (AvgIpc) is 2.41. The van der Waals surface area contributed by atoms with Crippen LogP contribution in [0.2, 0.25) is 0 Å². The van der Waals surface area contributed by atoms with Gasteiger partial charge in [0, 0.05) is 39.4 Å². The van der Waals surface area contributed by atoms with E-state index in [4.69, 9.17) is 0 Å². The summed E-state index contributed by atoms with van der Waals surface area (Å²) in [6.07, 6.45) is 3.28. The Kier molecular flexibility index (Phi) is 4.11. The van der Waals surface area contributed by atoms with Crippen molar-refractivity contribution >= 4 is 11.6 Å². The van der Waals surface area contributed by atoms with Gasteiger partial charge in [0.2, 0.25) is 0 Å². The smallest absolute Gasteiger partial charge is 0.267 e. The van der Waals surface area contributed by atoms with E-state index in [0.29, 0.717) is 5.56 Å². The summed E-state index contributed by atoms with van der Waals surface area (Å²) < 4.78 is 0. The van der Waals surface area contributed by atoms with E-state index in [-0.39, 0.29) is 5.91 Å². The number of aromatic nitrogens is 1. The Balaban J connectivity index is 1.99. The maximum Gasteiger partial charge on any atom is 0.267 e. The predicted molar refractivity (Wildman–Crippen MR) is 70.3 cm³/mol. The molecular formula is C12H19N5O. The third-order valence-electron chi connectivity index (χ3n) is 3.10. The highest BCUT2D eigenvalue weighted by Gasteiger charge is 2.17. The fourth-order valence-electron chi connectivity index (χ4n) is 1.91. The van der Waals surface area contributed by atoms with Crippen molar-refractivity contribution in [2.75, 3.05) is 45.6 Å². The van der Waals surface area contributed by atoms with E-state index in [1.807, 2.05) is 5.01 Å². The van der Waals surface area contributed by atoms with Crippen LogP contribution in [0.4, 0.5) is 5.69 Å². The minimum absolute atomic E-state index is 0.0914. The molecule has 0 aliphatic carbocycles. The van der Waals surface area contributed by atoms with Gasteiger partial charge in [-0.05, 0) is 13.1 Å². The topological polar surface area (TPSA) is 60.5 Å². The second-order valence-corrected chi connectivity index (χ2v) is 4.40. The molecule has 1 fully saturated rings. The Morgan fingerprint density at radius 3 is 2.72 bits per heavy atom. The SMILES string of the molecule is CNc1cnccc1C(=O)NN1CCN(C)CC1. The normalized spacial score (nSPS) is 17.4. The fourth-order valence-corrected chi connectivity index (χ4v) is 1.91. The van der Waals surface area contributed by atoms with E-state index in [9.17, 15) is 4.79 Å². The minimum Gasteiger partial charge on any atom is -0.386 e. The van der Waals surface area contributed by atoms with Crippen molar-refractivity contribution in [1.29, 1.82) is 0 Å². The summed E-state index contributed by atoms with van der Waals surface area (Å²) in [6.45, 7) is 3.63. The zero-order valence-electron chi connectivity index (χ0n) is 10.8. The van der Waals surface area contributed by atoms with Crippen LogP contribution in [-0.4, -0.2) is 61.1 Å². The first-order valence-electron chi connectivity index (χ1n) is 6.07. The Hall–Kier alpha value is -1.66. The van der Waals surface area contributed by atoms with Crippen LogP contribution < -0.4 is 10.7 Å². The van der Waals surface area contributed by atoms with Gasteiger partial charge in [0.25, 0.3) is 5.91 Å². The molecule has 6 nitrogen and oxygen atoms in total. The van der Waals surface area contributed by atoms with Gasteiger partial charge in [-0.2, -0.15) is 0 Å². The molecule has 2 heterocycles. The van der Waals surface area contributed by atoms with Gasteiger partial charge < -0.3 is 10.2 Å². The molecule has 0 radical (unpaired) electrons. The van der Waals surface area contributed by atoms with Crippen LogP contribution in [0.1, 0.15) is 10.4 Å². The molecule has 1 aromatic heterocycles. The number of carbonyl (C=O) groups is 1. The second kappa shape index (κ2) is 5.79. The number of anilines is 1. The number of carbonyl (C=O) groups excluding carboxylic acids is 1. The number of amides is 1. The number of hydrogen-bond donors (Lipinski definition) is 2. The zero-order chi connectivity index (χ0) is 13.0. The first kappa shape index (κ1) is 12.8. The van der Waals surface area contributed by atoms with Crippen molar-refractivity contribution < 1.29 is 4.79 Å². The van der Waals surface area contributed by atoms with Crippen LogP contribution >= 0.6 is 0 Å². The molecule has 1 amide bonds. The molecule has 1 aliphatic heterocycles. The minimum atomic E-state index is -0.0914. The van der Waals surface area contributed by atoms with E-state index in [0.717, 1.165) is 31.9 Å². The van der Waals surface area contributed by atoms with Gasteiger partial charge in [0.15, 0.2) is 0 Å². The molecule has 18 heavy (non-hydrogen) atoms. The molecule has 0 spiro atoms. The lowest BCUT2D eigenvalue weighted by Gasteiger charge is -2.32. The maximum absolute atomic E-state index is 12.1. The first-order chi connectivity index (χ1) is 8.70. The summed E-state index contributed by atoms with van der Waals surface area (Å²) in [5.41, 5.74) is 4.29. The van der Waals surface area contributed by atoms with Gasteiger partial charge >= 0.3 is 0 Å². The molecule has 98 valence electrons. The zero-order valence-corrected chi connectivity index (χ0v) is 10.8. The van der Waals surface area contributed by atoms with Gasteiger partial charge in [-0.25, -0.2) is 5.01 Å². The second-order valence-electron chi connectivity index (χ2n) is 4.40. The fraction of sp³-hybridized carbons (Fsp3) is 0.500. The molecule has 0 unspecified atom stereocenters. The summed E-state index contributed by atoms with van der Waals surface area (Å²) in [4.78, 5) is 18.4. The molecule has 1 aliphatic rings. The molecule has 6 heteroatoms. The number of hydrazine groups is 1. The molecule has 1 saturated heterocycles. The average molecular weight is 249 g/mol. The van der Waals surface area contributed by atoms with Gasteiger partial charge in [-0.15, -0.1) is 0 Å². The van der Waals surface area contributed by atoms with Gasteiger partial charge in [0.05, 0.1) is 17.4 Å². The van der Waals surface area contributed by atoms with Gasteiger partial charge in [-0.1, -0.05) is 0 Å². The number of pyridine rings is 1. The highest BCUT2D eigenvalue weighted by atomic mass is 16.2. The quantitative estimate of drug-likeness (QED) is 0.790. The molecule has 1 aromatic rings. The Bertz CT molecular complexity index is 415. The van der Waals surface area contributed by atoms with E-state index >= 15 is 0 Å². The van der Waals surface area contributed by atoms with E-state index in [1.54, 1.807) is 25.5 Å². The van der Waals surface area contributed by atoms with E-state index in [2.05, 4.69) is 27.7 Å². The van der Waals surface area contributed by atoms with E-state index in [1.165, 1.54) is 0 Å². The van der Waals surface area contributed by atoms with Gasteiger partial charge in [0.1, 0.15) is 0 Å². The van der Waals surface area contributed by atoms with Crippen molar-refractivity contribution in [2.24, 2.45) is 0 Å². The molecule has 0 bridgehead atoms. The Labute approximate surface area is 107 Å². The predicted octanol–water partition coefficient (Wildman–Crippen LogP) is 0.0155. The molecule has 0 aromatic carbocycles. The number of hydrogen-bond acceptors (Lipinski definition) is 5.